The summed E-state index contributed by atoms with van der Waals surface area (Å²) in [4.78, 5) is 38.4. The standard InChI is InChI=1S/C22H16N2O4/c25-19-11-12-20(26)23(19)16-5-1-14(2-6-16)13-15-3-7-17(8-4-15)24-21(27)10-9-18-22(24)28-18/h1-12,18,22H,13H2. The fourth-order valence-electron chi connectivity index (χ4n) is 3.55. The normalized spacial score (nSPS) is 22.8. The van der Waals surface area contributed by atoms with Crippen molar-refractivity contribution in [1.29, 1.82) is 0 Å². The summed E-state index contributed by atoms with van der Waals surface area (Å²) in [6.07, 6.45) is 6.43. The van der Waals surface area contributed by atoms with Crippen LogP contribution in [-0.2, 0) is 25.5 Å². The van der Waals surface area contributed by atoms with Crippen LogP contribution in [0.2, 0.25) is 0 Å². The molecule has 5 rings (SSSR count). The fourth-order valence-corrected chi connectivity index (χ4v) is 3.55. The van der Waals surface area contributed by atoms with Crippen LogP contribution in [-0.4, -0.2) is 30.1 Å². The molecule has 3 amide bonds. The minimum atomic E-state index is -0.322. The molecule has 0 spiro atoms. The van der Waals surface area contributed by atoms with E-state index in [1.54, 1.807) is 29.2 Å². The lowest BCUT2D eigenvalue weighted by molar-refractivity contribution is -0.120. The summed E-state index contributed by atoms with van der Waals surface area (Å²) in [6, 6.07) is 15.2. The van der Waals surface area contributed by atoms with Gasteiger partial charge in [0.25, 0.3) is 17.7 Å². The van der Waals surface area contributed by atoms with E-state index in [0.29, 0.717) is 12.1 Å². The Morgan fingerprint density at radius 1 is 0.714 bits per heavy atom. The van der Waals surface area contributed by atoms with Crippen molar-refractivity contribution in [2.24, 2.45) is 0 Å². The van der Waals surface area contributed by atoms with Crippen LogP contribution in [0, 0.1) is 0 Å². The summed E-state index contributed by atoms with van der Waals surface area (Å²) in [5, 5.41) is 0. The van der Waals surface area contributed by atoms with E-state index in [2.05, 4.69) is 0 Å². The molecule has 3 heterocycles. The van der Waals surface area contributed by atoms with Gasteiger partial charge >= 0.3 is 0 Å². The van der Waals surface area contributed by atoms with Crippen LogP contribution in [0.3, 0.4) is 0 Å². The quantitative estimate of drug-likeness (QED) is 0.610. The van der Waals surface area contributed by atoms with Crippen LogP contribution in [0.5, 0.6) is 0 Å². The van der Waals surface area contributed by atoms with Crippen LogP contribution in [0.15, 0.2) is 72.8 Å². The summed E-state index contributed by atoms with van der Waals surface area (Å²) in [6.45, 7) is 0. The summed E-state index contributed by atoms with van der Waals surface area (Å²) in [5.41, 5.74) is 3.54. The fraction of sp³-hybridized carbons (Fsp3) is 0.136. The van der Waals surface area contributed by atoms with Crippen molar-refractivity contribution < 1.29 is 19.1 Å². The zero-order valence-corrected chi connectivity index (χ0v) is 14.8. The number of benzene rings is 2. The van der Waals surface area contributed by atoms with Crippen molar-refractivity contribution in [1.82, 2.24) is 0 Å². The Hall–Kier alpha value is -3.51. The number of epoxide rings is 1. The average molecular weight is 372 g/mol. The Kier molecular flexibility index (Phi) is 3.74. The predicted octanol–water partition coefficient (Wildman–Crippen LogP) is 2.33. The second kappa shape index (κ2) is 6.28. The van der Waals surface area contributed by atoms with Gasteiger partial charge in [0, 0.05) is 23.9 Å². The lowest BCUT2D eigenvalue weighted by Gasteiger charge is -2.21. The van der Waals surface area contributed by atoms with Crippen molar-refractivity contribution in [3.8, 4) is 0 Å². The number of hydrogen-bond donors (Lipinski definition) is 0. The number of ether oxygens (including phenoxy) is 1. The van der Waals surface area contributed by atoms with Crippen molar-refractivity contribution in [2.75, 3.05) is 9.80 Å². The van der Waals surface area contributed by atoms with E-state index in [4.69, 9.17) is 4.74 Å². The lowest BCUT2D eigenvalue weighted by atomic mass is 10.0. The smallest absolute Gasteiger partial charge is 0.258 e. The maximum atomic E-state index is 12.1. The molecule has 2 unspecified atom stereocenters. The van der Waals surface area contributed by atoms with Gasteiger partial charge in [-0.2, -0.15) is 0 Å². The molecule has 0 saturated carbocycles. The zero-order chi connectivity index (χ0) is 19.3. The summed E-state index contributed by atoms with van der Waals surface area (Å²) < 4.78 is 5.47. The van der Waals surface area contributed by atoms with Crippen LogP contribution >= 0.6 is 0 Å². The molecule has 3 aliphatic rings. The molecule has 0 N–H and O–H groups in total. The summed E-state index contributed by atoms with van der Waals surface area (Å²) in [5.74, 6) is -0.711. The SMILES string of the molecule is O=C1C=CC(=O)N1c1ccc(Cc2ccc(N3C(=O)C=CC4OC43)cc2)cc1. The largest absolute Gasteiger partial charge is 0.343 e. The maximum absolute atomic E-state index is 12.1. The van der Waals surface area contributed by atoms with Gasteiger partial charge in [0.1, 0.15) is 6.10 Å². The molecule has 0 radical (unpaired) electrons. The third kappa shape index (κ3) is 2.84. The number of nitrogens with zero attached hydrogens (tertiary/aromatic N) is 2. The van der Waals surface area contributed by atoms with Gasteiger partial charge < -0.3 is 4.74 Å². The van der Waals surface area contributed by atoms with E-state index in [-0.39, 0.29) is 30.1 Å². The first kappa shape index (κ1) is 16.6. The Balaban J connectivity index is 1.29. The molecule has 1 saturated heterocycles. The van der Waals surface area contributed by atoms with Gasteiger partial charge in [-0.05, 0) is 47.9 Å². The van der Waals surface area contributed by atoms with Gasteiger partial charge in [-0.3, -0.25) is 19.3 Å². The van der Waals surface area contributed by atoms with Crippen molar-refractivity contribution >= 4 is 29.1 Å². The molecule has 6 nitrogen and oxygen atoms in total. The molecule has 0 aromatic heterocycles. The van der Waals surface area contributed by atoms with Gasteiger partial charge in [-0.25, -0.2) is 4.90 Å². The number of fused-ring (bicyclic) bond motifs is 1. The number of imide groups is 1. The topological polar surface area (TPSA) is 70.2 Å². The first-order valence-electron chi connectivity index (χ1n) is 9.01. The molecule has 3 aliphatic heterocycles. The molecule has 28 heavy (non-hydrogen) atoms. The van der Waals surface area contributed by atoms with Crippen LogP contribution < -0.4 is 9.80 Å². The average Bonchev–Trinajstić information content (AvgIpc) is 3.41. The highest BCUT2D eigenvalue weighted by Crippen LogP contribution is 2.35. The lowest BCUT2D eigenvalue weighted by Crippen LogP contribution is -2.35. The molecule has 2 aromatic rings. The number of hydrogen-bond acceptors (Lipinski definition) is 4. The third-order valence-electron chi connectivity index (χ3n) is 5.05. The van der Waals surface area contributed by atoms with E-state index in [9.17, 15) is 14.4 Å². The van der Waals surface area contributed by atoms with Crippen molar-refractivity contribution in [3.05, 3.63) is 84.0 Å². The van der Waals surface area contributed by atoms with Crippen molar-refractivity contribution in [2.45, 2.75) is 18.8 Å². The second-order valence-electron chi connectivity index (χ2n) is 6.91. The van der Waals surface area contributed by atoms with Gasteiger partial charge in [0.15, 0.2) is 6.23 Å². The van der Waals surface area contributed by atoms with Gasteiger partial charge in [0.2, 0.25) is 0 Å². The highest BCUT2D eigenvalue weighted by Gasteiger charge is 2.47. The van der Waals surface area contributed by atoms with Gasteiger partial charge in [0.05, 0.1) is 5.69 Å². The van der Waals surface area contributed by atoms with E-state index in [0.717, 1.165) is 21.7 Å². The highest BCUT2D eigenvalue weighted by atomic mass is 16.6. The van der Waals surface area contributed by atoms with Crippen molar-refractivity contribution in [3.63, 3.8) is 0 Å². The number of carbonyl (C=O) groups is 3. The summed E-state index contributed by atoms with van der Waals surface area (Å²) in [7, 11) is 0. The number of rotatable bonds is 4. The first-order valence-corrected chi connectivity index (χ1v) is 9.01. The molecular weight excluding hydrogens is 356 g/mol. The molecule has 0 aliphatic carbocycles. The minimum Gasteiger partial charge on any atom is -0.343 e. The highest BCUT2D eigenvalue weighted by molar-refractivity contribution is 6.28. The minimum absolute atomic E-state index is 0.0143. The number of amides is 3. The van der Waals surface area contributed by atoms with Crippen LogP contribution in [0.1, 0.15) is 11.1 Å². The molecule has 2 atom stereocenters. The molecular formula is C22H16N2O4. The number of anilines is 2. The molecule has 0 bridgehead atoms. The van der Waals surface area contributed by atoms with E-state index < -0.39 is 0 Å². The zero-order valence-electron chi connectivity index (χ0n) is 14.8. The third-order valence-corrected chi connectivity index (χ3v) is 5.05. The predicted molar refractivity (Wildman–Crippen MR) is 103 cm³/mol. The van der Waals surface area contributed by atoms with Gasteiger partial charge in [-0.1, -0.05) is 24.3 Å². The summed E-state index contributed by atoms with van der Waals surface area (Å²) >= 11 is 0. The molecule has 6 heteroatoms. The number of carbonyl (C=O) groups excluding carboxylic acids is 3. The molecule has 138 valence electrons. The molecule has 2 aromatic carbocycles. The second-order valence-corrected chi connectivity index (χ2v) is 6.91. The van der Waals surface area contributed by atoms with E-state index in [1.807, 2.05) is 36.4 Å². The maximum Gasteiger partial charge on any atom is 0.258 e. The first-order chi connectivity index (χ1) is 13.6. The van der Waals surface area contributed by atoms with Gasteiger partial charge in [-0.15, -0.1) is 0 Å². The van der Waals surface area contributed by atoms with E-state index in [1.165, 1.54) is 12.2 Å². The monoisotopic (exact) mass is 372 g/mol. The Labute approximate surface area is 161 Å². The Morgan fingerprint density at radius 2 is 1.29 bits per heavy atom. The molecule has 1 fully saturated rings. The van der Waals surface area contributed by atoms with E-state index >= 15 is 0 Å². The van der Waals surface area contributed by atoms with Crippen LogP contribution in [0.25, 0.3) is 0 Å². The Morgan fingerprint density at radius 3 is 1.89 bits per heavy atom. The Bertz CT molecular complexity index is 1020. The van der Waals surface area contributed by atoms with Crippen LogP contribution in [0.4, 0.5) is 11.4 Å².